The van der Waals surface area contributed by atoms with E-state index < -0.39 is 31.5 Å². The number of nitrogens with one attached hydrogen (secondary N) is 1. The Morgan fingerprint density at radius 1 is 1.15 bits per heavy atom. The highest BCUT2D eigenvalue weighted by Crippen LogP contribution is 2.26. The first-order valence-corrected chi connectivity index (χ1v) is 9.37. The predicted octanol–water partition coefficient (Wildman–Crippen LogP) is 3.35. The van der Waals surface area contributed by atoms with Gasteiger partial charge in [-0.1, -0.05) is 37.6 Å². The Kier molecular flexibility index (Phi) is 6.29. The van der Waals surface area contributed by atoms with Gasteiger partial charge >= 0.3 is 5.97 Å². The average Bonchev–Trinajstić information content (AvgIpc) is 2.62. The molecule has 2 aromatic rings. The van der Waals surface area contributed by atoms with Crippen LogP contribution in [0.5, 0.6) is 0 Å². The van der Waals surface area contributed by atoms with Crippen LogP contribution in [-0.4, -0.2) is 25.9 Å². The Labute approximate surface area is 151 Å². The number of rotatable bonds is 8. The number of carbonyl (C=O) groups is 1. The van der Waals surface area contributed by atoms with Crippen molar-refractivity contribution in [3.8, 4) is 0 Å². The molecule has 0 amide bonds. The highest BCUT2D eigenvalue weighted by Gasteiger charge is 2.26. The van der Waals surface area contributed by atoms with Gasteiger partial charge in [-0.15, -0.1) is 0 Å². The van der Waals surface area contributed by atoms with E-state index in [1.54, 1.807) is 12.1 Å². The van der Waals surface area contributed by atoms with Gasteiger partial charge in [0.25, 0.3) is 15.7 Å². The number of para-hydroxylation sites is 2. The molecule has 0 radical (unpaired) electrons. The Balaban J connectivity index is 2.34. The lowest BCUT2D eigenvalue weighted by molar-refractivity contribution is -0.387. The summed E-state index contributed by atoms with van der Waals surface area (Å²) in [5.74, 6) is -0.667. The molecular weight excluding hydrogens is 360 g/mol. The number of carbonyl (C=O) groups excluding carboxylic acids is 1. The first-order valence-electron chi connectivity index (χ1n) is 7.89. The zero-order valence-electron chi connectivity index (χ0n) is 14.0. The standard InChI is InChI=1S/C17H18N2O6S/c1-2-3-12-25-17(20)13-8-4-5-9-14(13)18-26(23,24)16-11-7-6-10-15(16)19(21)22/h4-11,18H,2-3,12H2,1H3. The monoisotopic (exact) mass is 378 g/mol. The van der Waals surface area contributed by atoms with E-state index in [4.69, 9.17) is 4.74 Å². The molecule has 2 aromatic carbocycles. The molecule has 0 saturated heterocycles. The first-order chi connectivity index (χ1) is 12.4. The summed E-state index contributed by atoms with van der Waals surface area (Å²) < 4.78 is 32.5. The molecule has 9 heteroatoms. The molecule has 8 nitrogen and oxygen atoms in total. The molecule has 0 atom stereocenters. The van der Waals surface area contributed by atoms with Crippen molar-refractivity contribution >= 4 is 27.4 Å². The van der Waals surface area contributed by atoms with Gasteiger partial charge in [0.1, 0.15) is 0 Å². The normalized spacial score (nSPS) is 11.0. The Bertz CT molecular complexity index is 911. The largest absolute Gasteiger partial charge is 0.462 e. The van der Waals surface area contributed by atoms with E-state index in [-0.39, 0.29) is 17.9 Å². The number of nitro benzene ring substituents is 1. The lowest BCUT2D eigenvalue weighted by atomic mass is 10.2. The molecule has 0 unspecified atom stereocenters. The van der Waals surface area contributed by atoms with Crippen LogP contribution in [0.2, 0.25) is 0 Å². The summed E-state index contributed by atoms with van der Waals surface area (Å²) in [7, 11) is -4.27. The number of unbranched alkanes of at least 4 members (excludes halogenated alkanes) is 1. The predicted molar refractivity (Wildman–Crippen MR) is 95.5 cm³/mol. The fourth-order valence-electron chi connectivity index (χ4n) is 2.17. The molecule has 138 valence electrons. The van der Waals surface area contributed by atoms with Crippen LogP contribution < -0.4 is 4.72 Å². The van der Waals surface area contributed by atoms with Crippen molar-refractivity contribution in [3.63, 3.8) is 0 Å². The van der Waals surface area contributed by atoms with Crippen molar-refractivity contribution in [1.82, 2.24) is 0 Å². The van der Waals surface area contributed by atoms with Crippen LogP contribution in [0.4, 0.5) is 11.4 Å². The second-order valence-corrected chi connectivity index (χ2v) is 7.02. The zero-order chi connectivity index (χ0) is 19.2. The van der Waals surface area contributed by atoms with Crippen LogP contribution in [-0.2, 0) is 14.8 Å². The topological polar surface area (TPSA) is 116 Å². The molecule has 0 heterocycles. The number of ether oxygens (including phenoxy) is 1. The molecule has 0 aliphatic rings. The molecule has 0 fully saturated rings. The smallest absolute Gasteiger partial charge is 0.340 e. The van der Waals surface area contributed by atoms with Crippen LogP contribution in [0.3, 0.4) is 0 Å². The van der Waals surface area contributed by atoms with Gasteiger partial charge in [0, 0.05) is 6.07 Å². The Morgan fingerprint density at radius 3 is 2.50 bits per heavy atom. The van der Waals surface area contributed by atoms with Crippen LogP contribution in [0.15, 0.2) is 53.4 Å². The lowest BCUT2D eigenvalue weighted by Crippen LogP contribution is -2.17. The third kappa shape index (κ3) is 4.57. The van der Waals surface area contributed by atoms with E-state index in [1.165, 1.54) is 24.3 Å². The number of esters is 1. The summed E-state index contributed by atoms with van der Waals surface area (Å²) in [5.41, 5.74) is -0.527. The summed E-state index contributed by atoms with van der Waals surface area (Å²) in [5, 5.41) is 11.1. The molecular formula is C17H18N2O6S. The highest BCUT2D eigenvalue weighted by molar-refractivity contribution is 7.92. The Morgan fingerprint density at radius 2 is 1.81 bits per heavy atom. The summed E-state index contributed by atoms with van der Waals surface area (Å²) >= 11 is 0. The van der Waals surface area contributed by atoms with E-state index in [1.807, 2.05) is 6.92 Å². The van der Waals surface area contributed by atoms with Crippen LogP contribution >= 0.6 is 0 Å². The van der Waals surface area contributed by atoms with Crippen LogP contribution in [0.1, 0.15) is 30.1 Å². The summed E-state index contributed by atoms with van der Waals surface area (Å²) in [4.78, 5) is 22.0. The number of hydrogen-bond donors (Lipinski definition) is 1. The SMILES string of the molecule is CCCCOC(=O)c1ccccc1NS(=O)(=O)c1ccccc1[N+](=O)[O-]. The molecule has 2 rings (SSSR count). The molecule has 26 heavy (non-hydrogen) atoms. The van der Waals surface area contributed by atoms with Crippen molar-refractivity contribution in [1.29, 1.82) is 0 Å². The van der Waals surface area contributed by atoms with Gasteiger partial charge in [-0.25, -0.2) is 13.2 Å². The van der Waals surface area contributed by atoms with E-state index >= 15 is 0 Å². The lowest BCUT2D eigenvalue weighted by Gasteiger charge is -2.12. The minimum absolute atomic E-state index is 0.00727. The third-order valence-corrected chi connectivity index (χ3v) is 4.89. The minimum Gasteiger partial charge on any atom is -0.462 e. The minimum atomic E-state index is -4.27. The van der Waals surface area contributed by atoms with Crippen LogP contribution in [0.25, 0.3) is 0 Å². The van der Waals surface area contributed by atoms with Gasteiger partial charge in [-0.3, -0.25) is 14.8 Å². The molecule has 0 aliphatic carbocycles. The van der Waals surface area contributed by atoms with Gasteiger partial charge in [-0.2, -0.15) is 0 Å². The molecule has 0 saturated carbocycles. The number of benzene rings is 2. The van der Waals surface area contributed by atoms with Crippen molar-refractivity contribution < 1.29 is 22.9 Å². The maximum atomic E-state index is 12.6. The molecule has 0 aliphatic heterocycles. The maximum absolute atomic E-state index is 12.6. The quantitative estimate of drug-likeness (QED) is 0.326. The van der Waals surface area contributed by atoms with Gasteiger partial charge in [-0.05, 0) is 24.6 Å². The van der Waals surface area contributed by atoms with Crippen molar-refractivity contribution in [2.24, 2.45) is 0 Å². The Hall–Kier alpha value is -2.94. The number of nitro groups is 1. The summed E-state index contributed by atoms with van der Waals surface area (Å²) in [6.45, 7) is 2.17. The summed E-state index contributed by atoms with van der Waals surface area (Å²) in [6, 6.07) is 10.9. The van der Waals surface area contributed by atoms with Gasteiger partial charge in [0.05, 0.1) is 22.8 Å². The van der Waals surface area contributed by atoms with E-state index in [0.717, 1.165) is 18.6 Å². The molecule has 0 bridgehead atoms. The first kappa shape index (κ1) is 19.4. The van der Waals surface area contributed by atoms with Gasteiger partial charge in [0.15, 0.2) is 4.90 Å². The second kappa shape index (κ2) is 8.43. The third-order valence-electron chi connectivity index (χ3n) is 3.47. The van der Waals surface area contributed by atoms with Gasteiger partial charge < -0.3 is 4.74 Å². The maximum Gasteiger partial charge on any atom is 0.340 e. The van der Waals surface area contributed by atoms with Crippen molar-refractivity contribution in [3.05, 3.63) is 64.2 Å². The van der Waals surface area contributed by atoms with Crippen LogP contribution in [0, 0.1) is 10.1 Å². The number of nitrogens with zero attached hydrogens (tertiary/aromatic N) is 1. The fourth-order valence-corrected chi connectivity index (χ4v) is 3.43. The highest BCUT2D eigenvalue weighted by atomic mass is 32.2. The molecule has 1 N–H and O–H groups in total. The van der Waals surface area contributed by atoms with Crippen molar-refractivity contribution in [2.75, 3.05) is 11.3 Å². The molecule has 0 aromatic heterocycles. The number of sulfonamides is 1. The van der Waals surface area contributed by atoms with E-state index in [2.05, 4.69) is 4.72 Å². The number of hydrogen-bond acceptors (Lipinski definition) is 6. The second-order valence-electron chi connectivity index (χ2n) is 5.37. The van der Waals surface area contributed by atoms with Gasteiger partial charge in [0.2, 0.25) is 0 Å². The summed E-state index contributed by atoms with van der Waals surface area (Å²) in [6.07, 6.45) is 1.54. The average molecular weight is 378 g/mol. The van der Waals surface area contributed by atoms with Crippen molar-refractivity contribution in [2.45, 2.75) is 24.7 Å². The zero-order valence-corrected chi connectivity index (χ0v) is 14.9. The number of anilines is 1. The van der Waals surface area contributed by atoms with E-state index in [9.17, 15) is 23.3 Å². The molecule has 0 spiro atoms. The van der Waals surface area contributed by atoms with E-state index in [0.29, 0.717) is 6.42 Å². The fraction of sp³-hybridized carbons (Fsp3) is 0.235.